The van der Waals surface area contributed by atoms with Crippen molar-refractivity contribution in [3.05, 3.63) is 54.3 Å². The molecule has 1 atom stereocenters. The fourth-order valence-electron chi connectivity index (χ4n) is 2.49. The first-order chi connectivity index (χ1) is 14.2. The van der Waals surface area contributed by atoms with E-state index >= 15 is 0 Å². The molecule has 0 aliphatic rings. The molecule has 0 radical (unpaired) electrons. The van der Waals surface area contributed by atoms with Gasteiger partial charge in [0.05, 0.1) is 18.0 Å². The lowest BCUT2D eigenvalue weighted by atomic mass is 10.2. The fraction of sp³-hybridized carbons (Fsp3) is 0.364. The predicted octanol–water partition coefficient (Wildman–Crippen LogP) is 4.44. The van der Waals surface area contributed by atoms with Crippen LogP contribution in [0.3, 0.4) is 0 Å². The van der Waals surface area contributed by atoms with Gasteiger partial charge < -0.3 is 25.4 Å². The third-order valence-electron chi connectivity index (χ3n) is 3.79. The first-order valence-corrected chi connectivity index (χ1v) is 9.67. The van der Waals surface area contributed by atoms with Gasteiger partial charge in [0.1, 0.15) is 17.5 Å². The molecule has 0 heterocycles. The summed E-state index contributed by atoms with van der Waals surface area (Å²) in [5.41, 5.74) is 0.761. The van der Waals surface area contributed by atoms with Gasteiger partial charge in [0, 0.05) is 12.3 Å². The number of anilines is 3. The Hall–Kier alpha value is -3.13. The van der Waals surface area contributed by atoms with Crippen molar-refractivity contribution in [1.82, 2.24) is 5.32 Å². The summed E-state index contributed by atoms with van der Waals surface area (Å²) in [6, 6.07) is 12.1. The van der Waals surface area contributed by atoms with Crippen LogP contribution in [0.4, 0.5) is 26.2 Å². The lowest BCUT2D eigenvalue weighted by Gasteiger charge is -2.23. The number of para-hydroxylation sites is 1. The molecule has 0 aliphatic carbocycles. The van der Waals surface area contributed by atoms with E-state index in [-0.39, 0.29) is 6.61 Å². The molecule has 2 rings (SSSR count). The fourth-order valence-corrected chi connectivity index (χ4v) is 2.49. The van der Waals surface area contributed by atoms with Crippen molar-refractivity contribution in [2.45, 2.75) is 39.3 Å². The number of carbonyl (C=O) groups excluding carboxylic acids is 2. The van der Waals surface area contributed by atoms with Gasteiger partial charge >= 0.3 is 6.09 Å². The smallest absolute Gasteiger partial charge is 0.408 e. The predicted molar refractivity (Wildman–Crippen MR) is 114 cm³/mol. The third kappa shape index (κ3) is 7.71. The summed E-state index contributed by atoms with van der Waals surface area (Å²) >= 11 is 0. The standard InChI is InChI=1S/C22H28FN3O4/c1-5-29-14-19(26-21(28)30-22(2,3)4)20(27)25-17-12-11-15(23)13-18(17)24-16-9-7-6-8-10-16/h6-13,19,24H,5,14H2,1-4H3,(H,25,27)(H,26,28)/t19-/m0/s1. The average molecular weight is 417 g/mol. The second-order valence-electron chi connectivity index (χ2n) is 7.53. The lowest BCUT2D eigenvalue weighted by molar-refractivity contribution is -0.119. The highest BCUT2D eigenvalue weighted by atomic mass is 19.1. The monoisotopic (exact) mass is 417 g/mol. The highest BCUT2D eigenvalue weighted by Crippen LogP contribution is 2.26. The van der Waals surface area contributed by atoms with Crippen LogP contribution < -0.4 is 16.0 Å². The molecular formula is C22H28FN3O4. The van der Waals surface area contributed by atoms with Crippen molar-refractivity contribution in [2.75, 3.05) is 23.8 Å². The van der Waals surface area contributed by atoms with Gasteiger partial charge in [0.25, 0.3) is 0 Å². The average Bonchev–Trinajstić information content (AvgIpc) is 2.66. The summed E-state index contributed by atoms with van der Waals surface area (Å²) in [5.74, 6) is -0.971. The van der Waals surface area contributed by atoms with Gasteiger partial charge in [-0.2, -0.15) is 0 Å². The number of amides is 2. The van der Waals surface area contributed by atoms with Crippen molar-refractivity contribution in [3.8, 4) is 0 Å². The molecule has 2 aromatic rings. The van der Waals surface area contributed by atoms with Crippen molar-refractivity contribution in [1.29, 1.82) is 0 Å². The minimum absolute atomic E-state index is 0.0375. The first kappa shape index (κ1) is 23.2. The molecule has 3 N–H and O–H groups in total. The molecule has 0 saturated carbocycles. The van der Waals surface area contributed by atoms with Crippen LogP contribution in [-0.4, -0.2) is 36.9 Å². The second-order valence-corrected chi connectivity index (χ2v) is 7.53. The molecule has 2 amide bonds. The summed E-state index contributed by atoms with van der Waals surface area (Å²) in [7, 11) is 0. The molecule has 2 aromatic carbocycles. The Balaban J connectivity index is 2.16. The van der Waals surface area contributed by atoms with E-state index in [0.29, 0.717) is 18.0 Å². The van der Waals surface area contributed by atoms with Gasteiger partial charge in [0.15, 0.2) is 0 Å². The van der Waals surface area contributed by atoms with Crippen LogP contribution in [0.5, 0.6) is 0 Å². The molecule has 0 bridgehead atoms. The van der Waals surface area contributed by atoms with Gasteiger partial charge in [0.2, 0.25) is 5.91 Å². The van der Waals surface area contributed by atoms with Crippen LogP contribution in [-0.2, 0) is 14.3 Å². The van der Waals surface area contributed by atoms with E-state index in [2.05, 4.69) is 16.0 Å². The summed E-state index contributed by atoms with van der Waals surface area (Å²) in [5, 5.41) is 8.31. The largest absolute Gasteiger partial charge is 0.444 e. The highest BCUT2D eigenvalue weighted by Gasteiger charge is 2.25. The van der Waals surface area contributed by atoms with Crippen LogP contribution in [0.15, 0.2) is 48.5 Å². The first-order valence-electron chi connectivity index (χ1n) is 9.67. The number of ether oxygens (including phenoxy) is 2. The number of halogens is 1. The summed E-state index contributed by atoms with van der Waals surface area (Å²) in [6.45, 7) is 7.30. The zero-order valence-corrected chi connectivity index (χ0v) is 17.6. The Morgan fingerprint density at radius 1 is 1.07 bits per heavy atom. The maximum atomic E-state index is 13.8. The number of carbonyl (C=O) groups is 2. The quantitative estimate of drug-likeness (QED) is 0.591. The molecule has 8 heteroatoms. The van der Waals surface area contributed by atoms with Crippen molar-refractivity contribution in [2.24, 2.45) is 0 Å². The molecule has 0 unspecified atom stereocenters. The van der Waals surface area contributed by atoms with Crippen molar-refractivity contribution < 1.29 is 23.5 Å². The number of hydrogen-bond acceptors (Lipinski definition) is 5. The zero-order chi connectivity index (χ0) is 22.1. The summed E-state index contributed by atoms with van der Waals surface area (Å²) in [4.78, 5) is 24.9. The van der Waals surface area contributed by atoms with Crippen molar-refractivity contribution >= 4 is 29.1 Å². The molecule has 0 aromatic heterocycles. The molecule has 30 heavy (non-hydrogen) atoms. The zero-order valence-electron chi connectivity index (χ0n) is 17.6. The SMILES string of the molecule is CCOC[C@H](NC(=O)OC(C)(C)C)C(=O)Nc1ccc(F)cc1Nc1ccccc1. The molecule has 0 aliphatic heterocycles. The number of nitrogens with one attached hydrogen (secondary N) is 3. The van der Waals surface area contributed by atoms with Crippen LogP contribution in [0.2, 0.25) is 0 Å². The summed E-state index contributed by atoms with van der Waals surface area (Å²) < 4.78 is 24.3. The van der Waals surface area contributed by atoms with Crippen molar-refractivity contribution in [3.63, 3.8) is 0 Å². The van der Waals surface area contributed by atoms with Crippen LogP contribution in [0, 0.1) is 5.82 Å². The van der Waals surface area contributed by atoms with E-state index in [0.717, 1.165) is 5.69 Å². The van der Waals surface area contributed by atoms with Gasteiger partial charge in [-0.15, -0.1) is 0 Å². The molecule has 0 fully saturated rings. The van der Waals surface area contributed by atoms with E-state index in [1.165, 1.54) is 18.2 Å². The minimum atomic E-state index is -0.991. The molecule has 162 valence electrons. The van der Waals surface area contributed by atoms with Gasteiger partial charge in [-0.3, -0.25) is 4.79 Å². The second kappa shape index (κ2) is 10.6. The maximum Gasteiger partial charge on any atom is 0.408 e. The van der Waals surface area contributed by atoms with Gasteiger partial charge in [-0.1, -0.05) is 18.2 Å². The van der Waals surface area contributed by atoms with Crippen LogP contribution in [0.25, 0.3) is 0 Å². The Morgan fingerprint density at radius 2 is 1.77 bits per heavy atom. The lowest BCUT2D eigenvalue weighted by Crippen LogP contribution is -2.48. The third-order valence-corrected chi connectivity index (χ3v) is 3.79. The number of rotatable bonds is 8. The van der Waals surface area contributed by atoms with E-state index in [1.807, 2.05) is 30.3 Å². The number of alkyl carbamates (subject to hydrolysis) is 1. The Bertz CT molecular complexity index is 853. The van der Waals surface area contributed by atoms with E-state index in [4.69, 9.17) is 9.47 Å². The number of hydrogen-bond donors (Lipinski definition) is 3. The minimum Gasteiger partial charge on any atom is -0.444 e. The van der Waals surface area contributed by atoms with Crippen LogP contribution in [0.1, 0.15) is 27.7 Å². The topological polar surface area (TPSA) is 88.7 Å². The van der Waals surface area contributed by atoms with E-state index < -0.39 is 29.5 Å². The van der Waals surface area contributed by atoms with E-state index in [1.54, 1.807) is 27.7 Å². The maximum absolute atomic E-state index is 13.8. The highest BCUT2D eigenvalue weighted by molar-refractivity contribution is 5.99. The van der Waals surface area contributed by atoms with Crippen LogP contribution >= 0.6 is 0 Å². The van der Waals surface area contributed by atoms with E-state index in [9.17, 15) is 14.0 Å². The Kier molecular flexibility index (Phi) is 8.17. The molecular weight excluding hydrogens is 389 g/mol. The van der Waals surface area contributed by atoms with Gasteiger partial charge in [-0.25, -0.2) is 9.18 Å². The molecule has 7 nitrogen and oxygen atoms in total. The normalized spacial score (nSPS) is 12.0. The Morgan fingerprint density at radius 3 is 2.40 bits per heavy atom. The van der Waals surface area contributed by atoms with Gasteiger partial charge in [-0.05, 0) is 58.0 Å². The molecule has 0 saturated heterocycles. The summed E-state index contributed by atoms with van der Waals surface area (Å²) in [6.07, 6.45) is -0.732. The number of benzene rings is 2. The molecule has 0 spiro atoms. The Labute approximate surface area is 176 Å².